The minimum Gasteiger partial charge on any atom is -0.335 e. The number of hydrogen-bond acceptors (Lipinski definition) is 3. The highest BCUT2D eigenvalue weighted by atomic mass is 16.2. The molecule has 5 heteroatoms. The molecule has 1 fully saturated rings. The summed E-state index contributed by atoms with van der Waals surface area (Å²) < 4.78 is 0. The largest absolute Gasteiger partial charge is 0.335 e. The zero-order valence-corrected chi connectivity index (χ0v) is 13.6. The molecule has 1 aromatic rings. The third kappa shape index (κ3) is 4.07. The van der Waals surface area contributed by atoms with Crippen LogP contribution < -0.4 is 10.6 Å². The lowest BCUT2D eigenvalue weighted by Crippen LogP contribution is -2.56. The molecule has 2 amide bonds. The first kappa shape index (κ1) is 16.5. The number of amides is 2. The Kier molecular flexibility index (Phi) is 5.19. The van der Waals surface area contributed by atoms with Gasteiger partial charge in [-0.05, 0) is 36.9 Å². The van der Waals surface area contributed by atoms with Gasteiger partial charge in [0.1, 0.15) is 0 Å². The van der Waals surface area contributed by atoms with Crippen LogP contribution in [-0.2, 0) is 9.59 Å². The van der Waals surface area contributed by atoms with E-state index in [9.17, 15) is 9.59 Å². The van der Waals surface area contributed by atoms with Crippen molar-refractivity contribution in [2.24, 2.45) is 5.41 Å². The van der Waals surface area contributed by atoms with Crippen molar-refractivity contribution in [3.8, 4) is 0 Å². The summed E-state index contributed by atoms with van der Waals surface area (Å²) in [4.78, 5) is 26.1. The lowest BCUT2D eigenvalue weighted by Gasteiger charge is -2.39. The Labute approximate surface area is 132 Å². The molecule has 1 aromatic carbocycles. The first-order chi connectivity index (χ1) is 10.4. The Bertz CT molecular complexity index is 528. The van der Waals surface area contributed by atoms with Gasteiger partial charge in [-0.25, -0.2) is 0 Å². The summed E-state index contributed by atoms with van der Waals surface area (Å²) in [6, 6.07) is 9.03. The molecule has 0 aromatic heterocycles. The summed E-state index contributed by atoms with van der Waals surface area (Å²) in [7, 11) is 1.68. The maximum Gasteiger partial charge on any atom is 0.243 e. The first-order valence-electron chi connectivity index (χ1n) is 7.73. The highest BCUT2D eigenvalue weighted by Crippen LogP contribution is 2.30. The molecule has 0 saturated carbocycles. The summed E-state index contributed by atoms with van der Waals surface area (Å²) in [5, 5.41) is 6.09. The molecule has 2 N–H and O–H groups in total. The minimum absolute atomic E-state index is 0.0205. The zero-order valence-electron chi connectivity index (χ0n) is 13.6. The van der Waals surface area contributed by atoms with E-state index >= 15 is 0 Å². The molecule has 1 aliphatic heterocycles. The van der Waals surface area contributed by atoms with Crippen LogP contribution in [-0.4, -0.2) is 42.9 Å². The molecule has 1 saturated heterocycles. The number of hydrogen-bond donors (Lipinski definition) is 2. The van der Waals surface area contributed by atoms with Gasteiger partial charge in [0.2, 0.25) is 11.8 Å². The van der Waals surface area contributed by atoms with Gasteiger partial charge in [0.05, 0.1) is 12.6 Å². The van der Waals surface area contributed by atoms with Gasteiger partial charge < -0.3 is 15.5 Å². The van der Waals surface area contributed by atoms with Crippen molar-refractivity contribution in [3.05, 3.63) is 30.3 Å². The summed E-state index contributed by atoms with van der Waals surface area (Å²) in [5.74, 6) is -0.205. The first-order valence-corrected chi connectivity index (χ1v) is 7.73. The average molecular weight is 303 g/mol. The van der Waals surface area contributed by atoms with Crippen LogP contribution in [0.2, 0.25) is 0 Å². The van der Waals surface area contributed by atoms with Gasteiger partial charge in [-0.15, -0.1) is 0 Å². The van der Waals surface area contributed by atoms with Crippen LogP contribution in [0.25, 0.3) is 0 Å². The van der Waals surface area contributed by atoms with Crippen LogP contribution in [0.1, 0.15) is 26.7 Å². The molecule has 0 aliphatic carbocycles. The number of anilines is 1. The molecule has 1 unspecified atom stereocenters. The quantitative estimate of drug-likeness (QED) is 0.892. The van der Waals surface area contributed by atoms with Crippen LogP contribution in [0, 0.1) is 5.41 Å². The van der Waals surface area contributed by atoms with Gasteiger partial charge in [0, 0.05) is 12.7 Å². The number of benzene rings is 1. The van der Waals surface area contributed by atoms with E-state index in [1.165, 1.54) is 4.90 Å². The van der Waals surface area contributed by atoms with E-state index in [4.69, 9.17) is 0 Å². The van der Waals surface area contributed by atoms with Gasteiger partial charge >= 0.3 is 0 Å². The average Bonchev–Trinajstić information content (AvgIpc) is 2.47. The number of nitrogens with one attached hydrogen (secondary N) is 2. The third-order valence-corrected chi connectivity index (χ3v) is 4.19. The number of likely N-dealkylation sites (N-methyl/N-ethyl adjacent to an activating group) is 1. The van der Waals surface area contributed by atoms with E-state index in [0.29, 0.717) is 0 Å². The lowest BCUT2D eigenvalue weighted by molar-refractivity contribution is -0.138. The monoisotopic (exact) mass is 303 g/mol. The van der Waals surface area contributed by atoms with Gasteiger partial charge in [-0.1, -0.05) is 32.0 Å². The second-order valence-electron chi connectivity index (χ2n) is 6.59. The van der Waals surface area contributed by atoms with E-state index < -0.39 is 0 Å². The van der Waals surface area contributed by atoms with Crippen LogP contribution in [0.3, 0.4) is 0 Å². The van der Waals surface area contributed by atoms with E-state index in [-0.39, 0.29) is 29.8 Å². The standard InChI is InChI=1S/C17H25N3O2/c1-17(2)10-7-11-18-15(17)16(22)20(3)12-14(21)19-13-8-5-4-6-9-13/h4-6,8-9,15,18H,7,10-12H2,1-3H3,(H,19,21). The summed E-state index contributed by atoms with van der Waals surface area (Å²) in [6.45, 7) is 5.10. The fourth-order valence-corrected chi connectivity index (χ4v) is 2.87. The number of carbonyl (C=O) groups excluding carboxylic acids is 2. The predicted octanol–water partition coefficient (Wildman–Crippen LogP) is 1.86. The Morgan fingerprint density at radius 1 is 1.32 bits per heavy atom. The smallest absolute Gasteiger partial charge is 0.243 e. The molecular formula is C17H25N3O2. The number of para-hydroxylation sites is 1. The van der Waals surface area contributed by atoms with Gasteiger partial charge in [0.15, 0.2) is 0 Å². The molecule has 2 rings (SSSR count). The zero-order chi connectivity index (χ0) is 16.2. The molecule has 1 aliphatic rings. The molecular weight excluding hydrogens is 278 g/mol. The molecule has 0 bridgehead atoms. The topological polar surface area (TPSA) is 61.4 Å². The van der Waals surface area contributed by atoms with Crippen molar-refractivity contribution >= 4 is 17.5 Å². The van der Waals surface area contributed by atoms with Gasteiger partial charge in [-0.3, -0.25) is 9.59 Å². The highest BCUT2D eigenvalue weighted by molar-refractivity contribution is 5.95. The predicted molar refractivity (Wildman–Crippen MR) is 87.5 cm³/mol. The minimum atomic E-state index is -0.226. The summed E-state index contributed by atoms with van der Waals surface area (Å²) in [5.41, 5.74) is 0.656. The molecule has 1 heterocycles. The molecule has 1 atom stereocenters. The van der Waals surface area contributed by atoms with Crippen LogP contribution in [0.5, 0.6) is 0 Å². The molecule has 22 heavy (non-hydrogen) atoms. The maximum absolute atomic E-state index is 12.6. The third-order valence-electron chi connectivity index (χ3n) is 4.19. The Hall–Kier alpha value is -1.88. The van der Waals surface area contributed by atoms with Crippen LogP contribution in [0.4, 0.5) is 5.69 Å². The highest BCUT2D eigenvalue weighted by Gasteiger charge is 2.38. The molecule has 0 radical (unpaired) electrons. The fourth-order valence-electron chi connectivity index (χ4n) is 2.87. The van der Waals surface area contributed by atoms with E-state index in [2.05, 4.69) is 24.5 Å². The second kappa shape index (κ2) is 6.92. The van der Waals surface area contributed by atoms with Crippen molar-refractivity contribution in [2.45, 2.75) is 32.7 Å². The van der Waals surface area contributed by atoms with Crippen molar-refractivity contribution in [3.63, 3.8) is 0 Å². The molecule has 120 valence electrons. The summed E-state index contributed by atoms with van der Waals surface area (Å²) in [6.07, 6.45) is 2.09. The number of nitrogens with zero attached hydrogens (tertiary/aromatic N) is 1. The van der Waals surface area contributed by atoms with Crippen molar-refractivity contribution in [2.75, 3.05) is 25.5 Å². The van der Waals surface area contributed by atoms with E-state index in [1.54, 1.807) is 7.05 Å². The van der Waals surface area contributed by atoms with E-state index in [0.717, 1.165) is 25.1 Å². The fraction of sp³-hybridized carbons (Fsp3) is 0.529. The number of carbonyl (C=O) groups is 2. The van der Waals surface area contributed by atoms with Crippen molar-refractivity contribution in [1.82, 2.24) is 10.2 Å². The van der Waals surface area contributed by atoms with Gasteiger partial charge in [-0.2, -0.15) is 0 Å². The normalized spacial score (nSPS) is 20.2. The second-order valence-corrected chi connectivity index (χ2v) is 6.59. The molecule has 0 spiro atoms. The number of piperidine rings is 1. The Morgan fingerprint density at radius 2 is 2.00 bits per heavy atom. The Morgan fingerprint density at radius 3 is 2.64 bits per heavy atom. The number of rotatable bonds is 4. The van der Waals surface area contributed by atoms with Crippen LogP contribution in [0.15, 0.2) is 30.3 Å². The van der Waals surface area contributed by atoms with Gasteiger partial charge in [0.25, 0.3) is 0 Å². The van der Waals surface area contributed by atoms with Crippen molar-refractivity contribution in [1.29, 1.82) is 0 Å². The lowest BCUT2D eigenvalue weighted by atomic mass is 9.77. The van der Waals surface area contributed by atoms with E-state index in [1.807, 2.05) is 30.3 Å². The maximum atomic E-state index is 12.6. The Balaban J connectivity index is 1.92. The SMILES string of the molecule is CN(CC(=O)Nc1ccccc1)C(=O)C1NCCCC1(C)C. The molecule has 5 nitrogen and oxygen atoms in total. The van der Waals surface area contributed by atoms with Crippen molar-refractivity contribution < 1.29 is 9.59 Å². The van der Waals surface area contributed by atoms with Crippen LogP contribution >= 0.6 is 0 Å². The summed E-state index contributed by atoms with van der Waals surface area (Å²) >= 11 is 0.